The van der Waals surface area contributed by atoms with E-state index in [-0.39, 0.29) is 10.7 Å². The van der Waals surface area contributed by atoms with Gasteiger partial charge < -0.3 is 4.74 Å². The van der Waals surface area contributed by atoms with Crippen molar-refractivity contribution >= 4 is 50.9 Å². The first-order valence-corrected chi connectivity index (χ1v) is 14.3. The molecule has 2 aromatic rings. The summed E-state index contributed by atoms with van der Waals surface area (Å²) in [5.41, 5.74) is 1.04. The zero-order valence-electron chi connectivity index (χ0n) is 18.9. The minimum Gasteiger partial charge on any atom is -0.465 e. The Bertz CT molecular complexity index is 929. The summed E-state index contributed by atoms with van der Waals surface area (Å²) in [5.74, 6) is 3.94. The van der Waals surface area contributed by atoms with E-state index in [1.165, 1.54) is 46.6 Å². The summed E-state index contributed by atoms with van der Waals surface area (Å²) >= 11 is 5.23. The lowest BCUT2D eigenvalue weighted by Crippen LogP contribution is -2.26. The van der Waals surface area contributed by atoms with Crippen molar-refractivity contribution in [3.63, 3.8) is 0 Å². The first-order valence-electron chi connectivity index (χ1n) is 11.4. The topological polar surface area (TPSA) is 43.4 Å². The van der Waals surface area contributed by atoms with Gasteiger partial charge in [0.2, 0.25) is 4.74 Å². The number of carbonyl (C=O) groups excluding carboxylic acids is 1. The zero-order valence-corrected chi connectivity index (χ0v) is 21.4. The molecule has 1 aromatic heterocycles. The molecule has 2 heterocycles. The number of ether oxygens (including phenoxy) is 1. The van der Waals surface area contributed by atoms with E-state index in [0.29, 0.717) is 12.5 Å². The van der Waals surface area contributed by atoms with Crippen LogP contribution in [0.25, 0.3) is 10.1 Å². The van der Waals surface area contributed by atoms with Crippen molar-refractivity contribution in [1.82, 2.24) is 0 Å². The summed E-state index contributed by atoms with van der Waals surface area (Å²) in [6, 6.07) is 8.33. The quantitative estimate of drug-likeness (QED) is 0.207. The molecular formula is C25H34O3S3. The molecule has 0 saturated carbocycles. The smallest absolute Gasteiger partial charge is 0.311 e. The fourth-order valence-corrected chi connectivity index (χ4v) is 6.99. The third-order valence-electron chi connectivity index (χ3n) is 6.14. The molecular weight excluding hydrogens is 444 g/mol. The maximum absolute atomic E-state index is 12.3. The molecule has 0 N–H and O–H groups in total. The van der Waals surface area contributed by atoms with Crippen molar-refractivity contribution in [3.8, 4) is 0 Å². The maximum Gasteiger partial charge on any atom is 0.311 e. The number of benzene rings is 1. The summed E-state index contributed by atoms with van der Waals surface area (Å²) in [7, 11) is 0. The average Bonchev–Trinajstić information content (AvgIpc) is 2.78. The number of hydrogen-bond donors (Lipinski definition) is 0. The molecule has 3 rings (SSSR count). The van der Waals surface area contributed by atoms with Crippen molar-refractivity contribution in [1.29, 1.82) is 0 Å². The number of unbranched alkanes of at least 4 members (excludes halogenated alkanes) is 2. The highest BCUT2D eigenvalue weighted by atomic mass is 32.2. The van der Waals surface area contributed by atoms with Crippen LogP contribution in [-0.4, -0.2) is 29.8 Å². The Hall–Kier alpha value is -0.980. The first-order chi connectivity index (χ1) is 14.9. The molecule has 31 heavy (non-hydrogen) atoms. The summed E-state index contributed by atoms with van der Waals surface area (Å²) < 4.78 is 6.69. The van der Waals surface area contributed by atoms with Gasteiger partial charge in [0, 0.05) is 21.0 Å². The van der Waals surface area contributed by atoms with Gasteiger partial charge in [-0.1, -0.05) is 30.4 Å². The molecule has 1 aliphatic rings. The normalized spacial score (nSPS) is 15.3. The van der Waals surface area contributed by atoms with E-state index in [1.54, 1.807) is 0 Å². The second-order valence-corrected chi connectivity index (χ2v) is 12.2. The highest BCUT2D eigenvalue weighted by Gasteiger charge is 2.26. The third-order valence-corrected chi connectivity index (χ3v) is 9.20. The first kappa shape index (κ1) is 24.7. The maximum atomic E-state index is 12.3. The van der Waals surface area contributed by atoms with Gasteiger partial charge in [0.15, 0.2) is 0 Å². The predicted molar refractivity (Wildman–Crippen MR) is 137 cm³/mol. The molecule has 0 aliphatic carbocycles. The standard InChI is InChI=1S/C25H34O3S3/c1-4-25(2,3)24(27)28-13-6-5-7-14-30-21-17-22(26)31-20-10-8-9-19(23(20)21)18-11-15-29-16-12-18/h8-10,17-18H,4-7,11-16H2,1-3H3. The van der Waals surface area contributed by atoms with Crippen molar-refractivity contribution in [2.45, 2.75) is 70.1 Å². The van der Waals surface area contributed by atoms with Gasteiger partial charge in [0.25, 0.3) is 0 Å². The van der Waals surface area contributed by atoms with Gasteiger partial charge in [0.1, 0.15) is 0 Å². The molecule has 170 valence electrons. The van der Waals surface area contributed by atoms with Crippen LogP contribution >= 0.6 is 34.9 Å². The molecule has 0 amide bonds. The molecule has 0 atom stereocenters. The number of esters is 1. The molecule has 1 aliphatic heterocycles. The van der Waals surface area contributed by atoms with E-state index < -0.39 is 5.41 Å². The van der Waals surface area contributed by atoms with Gasteiger partial charge in [-0.3, -0.25) is 9.59 Å². The summed E-state index contributed by atoms with van der Waals surface area (Å²) in [6.07, 6.45) is 6.21. The van der Waals surface area contributed by atoms with E-state index in [0.717, 1.165) is 41.0 Å². The van der Waals surface area contributed by atoms with Gasteiger partial charge in [-0.25, -0.2) is 0 Å². The Balaban J connectivity index is 1.56. The largest absolute Gasteiger partial charge is 0.465 e. The lowest BCUT2D eigenvalue weighted by molar-refractivity contribution is -0.154. The fourth-order valence-electron chi connectivity index (χ4n) is 3.74. The van der Waals surface area contributed by atoms with Gasteiger partial charge in [0.05, 0.1) is 12.0 Å². The van der Waals surface area contributed by atoms with E-state index >= 15 is 0 Å². The van der Waals surface area contributed by atoms with Crippen LogP contribution in [0.4, 0.5) is 0 Å². The van der Waals surface area contributed by atoms with E-state index in [2.05, 4.69) is 18.2 Å². The Morgan fingerprint density at radius 2 is 1.97 bits per heavy atom. The second kappa shape index (κ2) is 11.8. The lowest BCUT2D eigenvalue weighted by atomic mass is 9.91. The molecule has 1 saturated heterocycles. The van der Waals surface area contributed by atoms with Crippen molar-refractivity contribution in [3.05, 3.63) is 39.4 Å². The SMILES string of the molecule is CCC(C)(C)C(=O)OCCCCCSc1cc(=O)sc2cccc(C3CCSCC3)c12. The second-order valence-electron chi connectivity index (χ2n) is 8.82. The van der Waals surface area contributed by atoms with Crippen molar-refractivity contribution in [2.24, 2.45) is 5.41 Å². The highest BCUT2D eigenvalue weighted by molar-refractivity contribution is 7.99. The monoisotopic (exact) mass is 478 g/mol. The highest BCUT2D eigenvalue weighted by Crippen LogP contribution is 2.39. The summed E-state index contributed by atoms with van der Waals surface area (Å²) in [6.45, 7) is 6.37. The Kier molecular flexibility index (Phi) is 9.35. The number of rotatable bonds is 10. The molecule has 6 heteroatoms. The summed E-state index contributed by atoms with van der Waals surface area (Å²) in [5, 5.41) is 1.31. The summed E-state index contributed by atoms with van der Waals surface area (Å²) in [4.78, 5) is 25.5. The molecule has 1 aromatic carbocycles. The number of fused-ring (bicyclic) bond motifs is 1. The minimum absolute atomic E-state index is 0.0991. The van der Waals surface area contributed by atoms with Crippen LogP contribution in [0.2, 0.25) is 0 Å². The van der Waals surface area contributed by atoms with Gasteiger partial charge in [-0.2, -0.15) is 11.8 Å². The number of carbonyl (C=O) groups is 1. The molecule has 0 spiro atoms. The Morgan fingerprint density at radius 3 is 2.71 bits per heavy atom. The minimum atomic E-state index is -0.393. The fraction of sp³-hybridized carbons (Fsp3) is 0.600. The van der Waals surface area contributed by atoms with E-state index in [9.17, 15) is 9.59 Å². The molecule has 0 unspecified atom stereocenters. The van der Waals surface area contributed by atoms with E-state index in [1.807, 2.05) is 50.4 Å². The van der Waals surface area contributed by atoms with Crippen LogP contribution < -0.4 is 4.74 Å². The van der Waals surface area contributed by atoms with Gasteiger partial charge in [-0.15, -0.1) is 11.8 Å². The van der Waals surface area contributed by atoms with Crippen LogP contribution in [0, 0.1) is 5.41 Å². The van der Waals surface area contributed by atoms with Gasteiger partial charge >= 0.3 is 5.97 Å². The average molecular weight is 479 g/mol. The van der Waals surface area contributed by atoms with Crippen LogP contribution in [0.15, 0.2) is 34.0 Å². The van der Waals surface area contributed by atoms with Crippen LogP contribution in [0.3, 0.4) is 0 Å². The molecule has 3 nitrogen and oxygen atoms in total. The van der Waals surface area contributed by atoms with Crippen LogP contribution in [-0.2, 0) is 9.53 Å². The lowest BCUT2D eigenvalue weighted by Gasteiger charge is -2.24. The van der Waals surface area contributed by atoms with Crippen LogP contribution in [0.5, 0.6) is 0 Å². The molecule has 1 fully saturated rings. The van der Waals surface area contributed by atoms with Crippen molar-refractivity contribution < 1.29 is 9.53 Å². The van der Waals surface area contributed by atoms with Crippen molar-refractivity contribution in [2.75, 3.05) is 23.9 Å². The number of thioether (sulfide) groups is 2. The van der Waals surface area contributed by atoms with E-state index in [4.69, 9.17) is 4.74 Å². The Labute approximate surface area is 198 Å². The molecule has 0 radical (unpaired) electrons. The number of hydrogen-bond acceptors (Lipinski definition) is 6. The Morgan fingerprint density at radius 1 is 1.19 bits per heavy atom. The predicted octanol–water partition coefficient (Wildman–Crippen LogP) is 7.11. The zero-order chi connectivity index (χ0) is 22.3. The molecule has 0 bridgehead atoms. The third kappa shape index (κ3) is 6.75. The van der Waals surface area contributed by atoms with Crippen LogP contribution in [0.1, 0.15) is 70.8 Å². The van der Waals surface area contributed by atoms with Gasteiger partial charge in [-0.05, 0) is 87.2 Å².